The summed E-state index contributed by atoms with van der Waals surface area (Å²) in [5.74, 6) is -1.10. The Morgan fingerprint density at radius 2 is 2.00 bits per heavy atom. The van der Waals surface area contributed by atoms with Crippen LogP contribution in [0.5, 0.6) is 0 Å². The maximum atomic E-state index is 13.6. The lowest BCUT2D eigenvalue weighted by Gasteiger charge is -2.06. The van der Waals surface area contributed by atoms with E-state index in [2.05, 4.69) is 15.3 Å². The van der Waals surface area contributed by atoms with Gasteiger partial charge in [0.25, 0.3) is 0 Å². The molecule has 0 bridgehead atoms. The lowest BCUT2D eigenvalue weighted by atomic mass is 10.1. The third kappa shape index (κ3) is 2.34. The molecule has 2 aromatic rings. The molecule has 0 aliphatic rings. The van der Waals surface area contributed by atoms with Gasteiger partial charge in [-0.15, -0.1) is 0 Å². The number of nitrogens with one attached hydrogen (secondary N) is 1. The minimum Gasteiger partial charge on any atom is -0.357 e. The van der Waals surface area contributed by atoms with Gasteiger partial charge < -0.3 is 5.32 Å². The minimum atomic E-state index is -0.690. The van der Waals surface area contributed by atoms with Gasteiger partial charge in [-0.1, -0.05) is 11.6 Å². The first kappa shape index (κ1) is 11.7. The van der Waals surface area contributed by atoms with Gasteiger partial charge in [0.05, 0.1) is 6.20 Å². The molecule has 1 aromatic heterocycles. The van der Waals surface area contributed by atoms with Crippen molar-refractivity contribution in [2.75, 3.05) is 12.4 Å². The van der Waals surface area contributed by atoms with Crippen LogP contribution in [0.3, 0.4) is 0 Å². The summed E-state index contributed by atoms with van der Waals surface area (Å²) < 4.78 is 27.1. The van der Waals surface area contributed by atoms with Crippen molar-refractivity contribution in [2.24, 2.45) is 0 Å². The quantitative estimate of drug-likeness (QED) is 0.896. The van der Waals surface area contributed by atoms with Crippen LogP contribution in [0.4, 0.5) is 14.7 Å². The monoisotopic (exact) mass is 255 g/mol. The molecule has 0 unspecified atom stereocenters. The van der Waals surface area contributed by atoms with Crippen LogP contribution in [0.2, 0.25) is 5.02 Å². The molecule has 6 heteroatoms. The molecule has 0 fully saturated rings. The average molecular weight is 256 g/mol. The van der Waals surface area contributed by atoms with Gasteiger partial charge in [0, 0.05) is 17.6 Å². The molecule has 0 amide bonds. The zero-order valence-electron chi connectivity index (χ0n) is 8.84. The number of anilines is 1. The maximum Gasteiger partial charge on any atom is 0.223 e. The maximum absolute atomic E-state index is 13.6. The highest BCUT2D eigenvalue weighted by Gasteiger charge is 2.13. The van der Waals surface area contributed by atoms with Crippen LogP contribution in [-0.4, -0.2) is 17.0 Å². The van der Waals surface area contributed by atoms with Gasteiger partial charge in [-0.3, -0.25) is 0 Å². The topological polar surface area (TPSA) is 37.8 Å². The SMILES string of the molecule is CNc1ncc(F)c(-c2ccc(Cl)cc2F)n1. The second-order valence-electron chi connectivity index (χ2n) is 3.26. The molecule has 88 valence electrons. The van der Waals surface area contributed by atoms with E-state index in [4.69, 9.17) is 11.6 Å². The van der Waals surface area contributed by atoms with Crippen molar-refractivity contribution in [3.8, 4) is 11.3 Å². The Hall–Kier alpha value is -1.75. The summed E-state index contributed by atoms with van der Waals surface area (Å²) in [7, 11) is 1.59. The van der Waals surface area contributed by atoms with Crippen LogP contribution in [0.25, 0.3) is 11.3 Å². The first-order chi connectivity index (χ1) is 8.11. The molecule has 0 saturated carbocycles. The fourth-order valence-electron chi connectivity index (χ4n) is 1.36. The summed E-state index contributed by atoms with van der Waals surface area (Å²) in [4.78, 5) is 7.56. The van der Waals surface area contributed by atoms with Crippen molar-refractivity contribution >= 4 is 17.5 Å². The lowest BCUT2D eigenvalue weighted by Crippen LogP contribution is -2.00. The van der Waals surface area contributed by atoms with Gasteiger partial charge in [0.1, 0.15) is 11.5 Å². The van der Waals surface area contributed by atoms with E-state index in [0.717, 1.165) is 12.3 Å². The van der Waals surface area contributed by atoms with Crippen LogP contribution in [0.15, 0.2) is 24.4 Å². The predicted octanol–water partition coefficient (Wildman–Crippen LogP) is 3.12. The molecule has 0 spiro atoms. The summed E-state index contributed by atoms with van der Waals surface area (Å²) >= 11 is 5.62. The smallest absolute Gasteiger partial charge is 0.223 e. The molecule has 0 aliphatic carbocycles. The van der Waals surface area contributed by atoms with Crippen LogP contribution < -0.4 is 5.32 Å². The summed E-state index contributed by atoms with van der Waals surface area (Å²) in [5.41, 5.74) is -0.0516. The molecule has 0 atom stereocenters. The van der Waals surface area contributed by atoms with Gasteiger partial charge in [-0.25, -0.2) is 18.7 Å². The standard InChI is InChI=1S/C11H8ClF2N3/c1-15-11-16-5-9(14)10(17-11)7-3-2-6(12)4-8(7)13/h2-5H,1H3,(H,15,16,17). The van der Waals surface area contributed by atoms with Crippen LogP contribution in [0, 0.1) is 11.6 Å². The highest BCUT2D eigenvalue weighted by atomic mass is 35.5. The second kappa shape index (κ2) is 4.63. The van der Waals surface area contributed by atoms with Gasteiger partial charge in [-0.05, 0) is 18.2 Å². The van der Waals surface area contributed by atoms with Crippen molar-refractivity contribution in [3.05, 3.63) is 41.1 Å². The molecule has 0 aliphatic heterocycles. The van der Waals surface area contributed by atoms with Crippen LogP contribution in [-0.2, 0) is 0 Å². The van der Waals surface area contributed by atoms with E-state index in [1.165, 1.54) is 12.1 Å². The highest BCUT2D eigenvalue weighted by Crippen LogP contribution is 2.26. The Balaban J connectivity index is 2.59. The fraction of sp³-hybridized carbons (Fsp3) is 0.0909. The van der Waals surface area contributed by atoms with Gasteiger partial charge in [0.2, 0.25) is 5.95 Å². The lowest BCUT2D eigenvalue weighted by molar-refractivity contribution is 0.607. The molecular weight excluding hydrogens is 248 g/mol. The van der Waals surface area contributed by atoms with Crippen molar-refractivity contribution in [1.29, 1.82) is 0 Å². The van der Waals surface area contributed by atoms with Gasteiger partial charge in [0.15, 0.2) is 5.82 Å². The Morgan fingerprint density at radius 1 is 1.24 bits per heavy atom. The summed E-state index contributed by atoms with van der Waals surface area (Å²) in [6, 6.07) is 3.96. The Bertz CT molecular complexity index is 560. The normalized spacial score (nSPS) is 10.4. The van der Waals surface area contributed by atoms with Crippen molar-refractivity contribution in [3.63, 3.8) is 0 Å². The van der Waals surface area contributed by atoms with E-state index in [0.29, 0.717) is 0 Å². The Kier molecular flexibility index (Phi) is 3.19. The molecule has 1 heterocycles. The molecule has 0 saturated heterocycles. The molecule has 2 rings (SSSR count). The van der Waals surface area contributed by atoms with E-state index < -0.39 is 11.6 Å². The van der Waals surface area contributed by atoms with Gasteiger partial charge in [-0.2, -0.15) is 0 Å². The first-order valence-electron chi connectivity index (χ1n) is 4.77. The van der Waals surface area contributed by atoms with Crippen molar-refractivity contribution < 1.29 is 8.78 Å². The number of hydrogen-bond acceptors (Lipinski definition) is 3. The molecule has 3 nitrogen and oxygen atoms in total. The number of aromatic nitrogens is 2. The van der Waals surface area contributed by atoms with E-state index in [1.807, 2.05) is 0 Å². The van der Waals surface area contributed by atoms with Crippen LogP contribution in [0.1, 0.15) is 0 Å². The van der Waals surface area contributed by atoms with E-state index in [9.17, 15) is 8.78 Å². The van der Waals surface area contributed by atoms with E-state index >= 15 is 0 Å². The minimum absolute atomic E-state index is 0.0470. The third-order valence-electron chi connectivity index (χ3n) is 2.15. The largest absolute Gasteiger partial charge is 0.357 e. The van der Waals surface area contributed by atoms with Crippen molar-refractivity contribution in [2.45, 2.75) is 0 Å². The first-order valence-corrected chi connectivity index (χ1v) is 5.15. The molecular formula is C11H8ClF2N3. The van der Waals surface area contributed by atoms with Crippen LogP contribution >= 0.6 is 11.6 Å². The molecule has 1 N–H and O–H groups in total. The highest BCUT2D eigenvalue weighted by molar-refractivity contribution is 6.30. The summed E-state index contributed by atoms with van der Waals surface area (Å²) in [5, 5.41) is 2.90. The molecule has 0 radical (unpaired) electrons. The predicted molar refractivity (Wildman–Crippen MR) is 61.9 cm³/mol. The number of nitrogens with zero attached hydrogens (tertiary/aromatic N) is 2. The third-order valence-corrected chi connectivity index (χ3v) is 2.39. The zero-order valence-corrected chi connectivity index (χ0v) is 9.59. The number of rotatable bonds is 2. The Morgan fingerprint density at radius 3 is 2.65 bits per heavy atom. The van der Waals surface area contributed by atoms with Gasteiger partial charge >= 0.3 is 0 Å². The van der Waals surface area contributed by atoms with E-state index in [-0.39, 0.29) is 22.2 Å². The second-order valence-corrected chi connectivity index (χ2v) is 3.70. The zero-order chi connectivity index (χ0) is 12.4. The molecule has 1 aromatic carbocycles. The average Bonchev–Trinajstić information content (AvgIpc) is 2.30. The fourth-order valence-corrected chi connectivity index (χ4v) is 1.52. The summed E-state index contributed by atoms with van der Waals surface area (Å²) in [6.07, 6.45) is 0.988. The van der Waals surface area contributed by atoms with Crippen molar-refractivity contribution in [1.82, 2.24) is 9.97 Å². The number of benzene rings is 1. The van der Waals surface area contributed by atoms with E-state index in [1.54, 1.807) is 7.05 Å². The summed E-state index contributed by atoms with van der Waals surface area (Å²) in [6.45, 7) is 0. The molecule has 17 heavy (non-hydrogen) atoms. The Labute approximate surface area is 101 Å². The number of hydrogen-bond donors (Lipinski definition) is 1. The number of halogens is 3.